The summed E-state index contributed by atoms with van der Waals surface area (Å²) < 4.78 is 0. The van der Waals surface area contributed by atoms with E-state index in [1.807, 2.05) is 6.07 Å². The molecular weight excluding hydrogens is 190 g/mol. The van der Waals surface area contributed by atoms with E-state index < -0.39 is 0 Å². The summed E-state index contributed by atoms with van der Waals surface area (Å²) in [5.74, 6) is 2.29. The SMILES string of the molecule is c1cnc(NN2CC3CNC[C@H]3C2)nc1. The predicted octanol–water partition coefficient (Wildman–Crippen LogP) is -0.0453. The molecule has 2 fully saturated rings. The lowest BCUT2D eigenvalue weighted by molar-refractivity contribution is 0.372. The van der Waals surface area contributed by atoms with Gasteiger partial charge in [0.2, 0.25) is 5.95 Å². The second kappa shape index (κ2) is 3.75. The summed E-state index contributed by atoms with van der Waals surface area (Å²) in [7, 11) is 0. The molecule has 0 aliphatic carbocycles. The Balaban J connectivity index is 1.62. The van der Waals surface area contributed by atoms with E-state index in [9.17, 15) is 0 Å². The highest BCUT2D eigenvalue weighted by Crippen LogP contribution is 2.25. The number of nitrogens with zero attached hydrogens (tertiary/aromatic N) is 3. The summed E-state index contributed by atoms with van der Waals surface area (Å²) in [5.41, 5.74) is 3.25. The number of hydrazine groups is 1. The maximum Gasteiger partial charge on any atom is 0.237 e. The maximum atomic E-state index is 4.16. The van der Waals surface area contributed by atoms with Crippen LogP contribution in [0.25, 0.3) is 0 Å². The first-order valence-corrected chi connectivity index (χ1v) is 5.41. The van der Waals surface area contributed by atoms with Crippen LogP contribution in [0.3, 0.4) is 0 Å². The average molecular weight is 205 g/mol. The fraction of sp³-hybridized carbons (Fsp3) is 0.600. The van der Waals surface area contributed by atoms with Gasteiger partial charge >= 0.3 is 0 Å². The van der Waals surface area contributed by atoms with E-state index in [-0.39, 0.29) is 0 Å². The zero-order chi connectivity index (χ0) is 10.1. The molecule has 5 heteroatoms. The number of hydrogen-bond acceptors (Lipinski definition) is 5. The van der Waals surface area contributed by atoms with Crippen LogP contribution in [-0.4, -0.2) is 41.2 Å². The Labute approximate surface area is 88.9 Å². The van der Waals surface area contributed by atoms with Gasteiger partial charge in [-0.15, -0.1) is 0 Å². The lowest BCUT2D eigenvalue weighted by atomic mass is 10.0. The van der Waals surface area contributed by atoms with Gasteiger partial charge in [-0.1, -0.05) is 0 Å². The molecule has 0 aromatic carbocycles. The molecule has 0 bridgehead atoms. The highest BCUT2D eigenvalue weighted by molar-refractivity contribution is 5.21. The highest BCUT2D eigenvalue weighted by Gasteiger charge is 2.36. The van der Waals surface area contributed by atoms with Crippen molar-refractivity contribution >= 4 is 5.95 Å². The predicted molar refractivity (Wildman–Crippen MR) is 57.1 cm³/mol. The molecule has 0 amide bonds. The van der Waals surface area contributed by atoms with Crippen LogP contribution in [0.2, 0.25) is 0 Å². The fourth-order valence-electron chi connectivity index (χ4n) is 2.44. The van der Waals surface area contributed by atoms with E-state index in [4.69, 9.17) is 0 Å². The van der Waals surface area contributed by atoms with Crippen molar-refractivity contribution in [3.8, 4) is 0 Å². The number of nitrogens with one attached hydrogen (secondary N) is 2. The second-order valence-corrected chi connectivity index (χ2v) is 4.27. The smallest absolute Gasteiger partial charge is 0.237 e. The summed E-state index contributed by atoms with van der Waals surface area (Å²) in [6.45, 7) is 4.49. The molecule has 15 heavy (non-hydrogen) atoms. The first-order valence-electron chi connectivity index (χ1n) is 5.41. The van der Waals surface area contributed by atoms with E-state index >= 15 is 0 Å². The molecule has 1 unspecified atom stereocenters. The van der Waals surface area contributed by atoms with Crippen molar-refractivity contribution in [1.82, 2.24) is 20.3 Å². The summed E-state index contributed by atoms with van der Waals surface area (Å²) >= 11 is 0. The third kappa shape index (κ3) is 1.80. The first kappa shape index (κ1) is 9.06. The fourth-order valence-corrected chi connectivity index (χ4v) is 2.44. The standard InChI is InChI=1S/C10H15N5/c1-2-12-10(13-3-1)14-15-6-8-4-11-5-9(8)7-15/h1-3,8-9,11H,4-7H2,(H,12,13,14)/t8-,9?/m0/s1. The Morgan fingerprint density at radius 3 is 2.53 bits per heavy atom. The van der Waals surface area contributed by atoms with Crippen LogP contribution in [0.5, 0.6) is 0 Å². The molecule has 2 aliphatic rings. The van der Waals surface area contributed by atoms with Crippen molar-refractivity contribution in [2.75, 3.05) is 31.6 Å². The third-order valence-electron chi connectivity index (χ3n) is 3.21. The molecule has 2 aliphatic heterocycles. The number of anilines is 1. The second-order valence-electron chi connectivity index (χ2n) is 4.27. The van der Waals surface area contributed by atoms with Crippen molar-refractivity contribution in [3.63, 3.8) is 0 Å². The molecule has 2 saturated heterocycles. The van der Waals surface area contributed by atoms with Crippen molar-refractivity contribution < 1.29 is 0 Å². The van der Waals surface area contributed by atoms with Gasteiger partial charge in [-0.05, 0) is 31.0 Å². The van der Waals surface area contributed by atoms with Gasteiger partial charge in [-0.3, -0.25) is 5.43 Å². The van der Waals surface area contributed by atoms with E-state index in [1.165, 1.54) is 0 Å². The zero-order valence-corrected chi connectivity index (χ0v) is 8.56. The van der Waals surface area contributed by atoms with Gasteiger partial charge in [0.15, 0.2) is 0 Å². The van der Waals surface area contributed by atoms with Crippen LogP contribution in [0.1, 0.15) is 0 Å². The molecule has 3 heterocycles. The lowest BCUT2D eigenvalue weighted by Crippen LogP contribution is -2.31. The van der Waals surface area contributed by atoms with Gasteiger partial charge in [0, 0.05) is 25.5 Å². The van der Waals surface area contributed by atoms with E-state index in [0.29, 0.717) is 5.95 Å². The summed E-state index contributed by atoms with van der Waals surface area (Å²) in [4.78, 5) is 8.31. The van der Waals surface area contributed by atoms with E-state index in [2.05, 4.69) is 25.7 Å². The molecule has 0 spiro atoms. The van der Waals surface area contributed by atoms with Crippen LogP contribution in [0.15, 0.2) is 18.5 Å². The van der Waals surface area contributed by atoms with Crippen LogP contribution in [0.4, 0.5) is 5.95 Å². The Morgan fingerprint density at radius 1 is 1.20 bits per heavy atom. The highest BCUT2D eigenvalue weighted by atomic mass is 15.5. The Hall–Kier alpha value is -1.20. The lowest BCUT2D eigenvalue weighted by Gasteiger charge is -2.17. The molecule has 1 aromatic heterocycles. The molecule has 5 nitrogen and oxygen atoms in total. The largest absolute Gasteiger partial charge is 0.316 e. The first-order chi connectivity index (χ1) is 7.42. The summed E-state index contributed by atoms with van der Waals surface area (Å²) in [6.07, 6.45) is 3.52. The minimum atomic E-state index is 0.699. The van der Waals surface area contributed by atoms with Crippen molar-refractivity contribution in [1.29, 1.82) is 0 Å². The van der Waals surface area contributed by atoms with Crippen LogP contribution >= 0.6 is 0 Å². The quantitative estimate of drug-likeness (QED) is 0.709. The van der Waals surface area contributed by atoms with Crippen molar-refractivity contribution in [2.45, 2.75) is 0 Å². The van der Waals surface area contributed by atoms with Gasteiger partial charge in [0.1, 0.15) is 0 Å². The molecular formula is C10H15N5. The van der Waals surface area contributed by atoms with Gasteiger partial charge in [-0.25, -0.2) is 15.0 Å². The molecule has 2 atom stereocenters. The van der Waals surface area contributed by atoms with Crippen LogP contribution in [0, 0.1) is 11.8 Å². The molecule has 2 N–H and O–H groups in total. The topological polar surface area (TPSA) is 53.1 Å². The Kier molecular flexibility index (Phi) is 2.26. The summed E-state index contributed by atoms with van der Waals surface area (Å²) in [5, 5.41) is 5.65. The van der Waals surface area contributed by atoms with E-state index in [1.54, 1.807) is 12.4 Å². The van der Waals surface area contributed by atoms with Gasteiger partial charge < -0.3 is 5.32 Å². The minimum Gasteiger partial charge on any atom is -0.316 e. The zero-order valence-electron chi connectivity index (χ0n) is 8.56. The van der Waals surface area contributed by atoms with E-state index in [0.717, 1.165) is 38.0 Å². The number of aromatic nitrogens is 2. The number of hydrogen-bond donors (Lipinski definition) is 2. The third-order valence-corrected chi connectivity index (χ3v) is 3.21. The van der Waals surface area contributed by atoms with Crippen LogP contribution in [-0.2, 0) is 0 Å². The molecule has 1 aromatic rings. The summed E-state index contributed by atoms with van der Waals surface area (Å²) in [6, 6.07) is 1.83. The molecule has 80 valence electrons. The number of rotatable bonds is 2. The molecule has 3 rings (SSSR count). The molecule has 0 saturated carbocycles. The monoisotopic (exact) mass is 205 g/mol. The Morgan fingerprint density at radius 2 is 1.87 bits per heavy atom. The maximum absolute atomic E-state index is 4.16. The van der Waals surface area contributed by atoms with Crippen LogP contribution < -0.4 is 10.7 Å². The number of fused-ring (bicyclic) bond motifs is 1. The van der Waals surface area contributed by atoms with Gasteiger partial charge in [-0.2, -0.15) is 0 Å². The van der Waals surface area contributed by atoms with Crippen molar-refractivity contribution in [3.05, 3.63) is 18.5 Å². The molecule has 0 radical (unpaired) electrons. The Bertz CT molecular complexity index is 316. The normalized spacial score (nSPS) is 30.4. The average Bonchev–Trinajstić information content (AvgIpc) is 2.79. The van der Waals surface area contributed by atoms with Crippen molar-refractivity contribution in [2.24, 2.45) is 11.8 Å². The van der Waals surface area contributed by atoms with Gasteiger partial charge in [0.25, 0.3) is 0 Å². The van der Waals surface area contributed by atoms with Gasteiger partial charge in [0.05, 0.1) is 0 Å². The minimum absolute atomic E-state index is 0.699.